The minimum Gasteiger partial charge on any atom is -0.369 e. The van der Waals surface area contributed by atoms with Gasteiger partial charge in [0, 0.05) is 19.6 Å². The summed E-state index contributed by atoms with van der Waals surface area (Å²) in [6, 6.07) is 3.47. The van der Waals surface area contributed by atoms with E-state index in [9.17, 15) is 4.79 Å². The van der Waals surface area contributed by atoms with Crippen molar-refractivity contribution < 1.29 is 4.79 Å². The van der Waals surface area contributed by atoms with Crippen molar-refractivity contribution >= 4 is 11.7 Å². The lowest BCUT2D eigenvalue weighted by Crippen LogP contribution is -2.35. The Kier molecular flexibility index (Phi) is 7.57. The molecule has 2 N–H and O–H groups in total. The summed E-state index contributed by atoms with van der Waals surface area (Å²) in [4.78, 5) is 14.1. The first-order valence-corrected chi connectivity index (χ1v) is 7.29. The fraction of sp³-hybridized carbons (Fsp3) is 0.643. The zero-order valence-corrected chi connectivity index (χ0v) is 12.6. The maximum absolute atomic E-state index is 11.9. The fourth-order valence-electron chi connectivity index (χ4n) is 1.76. The van der Waals surface area contributed by atoms with E-state index in [2.05, 4.69) is 46.5 Å². The second-order valence-electron chi connectivity index (χ2n) is 4.51. The van der Waals surface area contributed by atoms with Crippen LogP contribution in [0.4, 0.5) is 5.82 Å². The third-order valence-electron chi connectivity index (χ3n) is 3.06. The smallest absolute Gasteiger partial charge is 0.271 e. The van der Waals surface area contributed by atoms with E-state index in [4.69, 9.17) is 0 Å². The first-order valence-electron chi connectivity index (χ1n) is 7.29. The summed E-state index contributed by atoms with van der Waals surface area (Å²) in [5, 5.41) is 13.9. The Labute approximate surface area is 121 Å². The Bertz CT molecular complexity index is 389. The SMILES string of the molecule is CCCNc1ccc(C(=O)NCCN(CC)CC)nn1. The molecule has 1 aromatic rings. The monoisotopic (exact) mass is 279 g/mol. The molecule has 112 valence electrons. The van der Waals surface area contributed by atoms with E-state index in [1.54, 1.807) is 12.1 Å². The molecular formula is C14H25N5O. The van der Waals surface area contributed by atoms with Crippen molar-refractivity contribution in [2.24, 2.45) is 0 Å². The molecule has 0 spiro atoms. The molecule has 0 fully saturated rings. The molecule has 0 aliphatic carbocycles. The summed E-state index contributed by atoms with van der Waals surface area (Å²) in [7, 11) is 0. The van der Waals surface area contributed by atoms with Gasteiger partial charge in [0.2, 0.25) is 0 Å². The van der Waals surface area contributed by atoms with Gasteiger partial charge < -0.3 is 15.5 Å². The minimum atomic E-state index is -0.174. The van der Waals surface area contributed by atoms with Crippen LogP contribution in [-0.4, -0.2) is 53.7 Å². The molecule has 0 aromatic carbocycles. The molecule has 1 amide bonds. The molecular weight excluding hydrogens is 254 g/mol. The van der Waals surface area contributed by atoms with E-state index < -0.39 is 0 Å². The van der Waals surface area contributed by atoms with Gasteiger partial charge in [-0.3, -0.25) is 4.79 Å². The second-order valence-corrected chi connectivity index (χ2v) is 4.51. The van der Waals surface area contributed by atoms with Gasteiger partial charge in [0.1, 0.15) is 5.82 Å². The van der Waals surface area contributed by atoms with Crippen molar-refractivity contribution in [2.75, 3.05) is 38.0 Å². The zero-order chi connectivity index (χ0) is 14.8. The molecule has 0 aliphatic rings. The van der Waals surface area contributed by atoms with E-state index in [0.717, 1.165) is 32.6 Å². The van der Waals surface area contributed by atoms with E-state index in [1.807, 2.05) is 0 Å². The number of nitrogens with zero attached hydrogens (tertiary/aromatic N) is 3. The number of carbonyl (C=O) groups excluding carboxylic acids is 1. The minimum absolute atomic E-state index is 0.174. The van der Waals surface area contributed by atoms with Crippen molar-refractivity contribution in [3.63, 3.8) is 0 Å². The molecule has 6 heteroatoms. The van der Waals surface area contributed by atoms with Crippen molar-refractivity contribution in [1.82, 2.24) is 20.4 Å². The maximum Gasteiger partial charge on any atom is 0.271 e. The lowest BCUT2D eigenvalue weighted by molar-refractivity contribution is 0.0943. The highest BCUT2D eigenvalue weighted by atomic mass is 16.1. The number of hydrogen-bond donors (Lipinski definition) is 2. The molecule has 6 nitrogen and oxygen atoms in total. The Morgan fingerprint density at radius 3 is 2.45 bits per heavy atom. The summed E-state index contributed by atoms with van der Waals surface area (Å²) in [6.07, 6.45) is 1.02. The average molecular weight is 279 g/mol. The molecule has 0 radical (unpaired) electrons. The van der Waals surface area contributed by atoms with Gasteiger partial charge in [0.05, 0.1) is 0 Å². The van der Waals surface area contributed by atoms with Crippen LogP contribution in [0.1, 0.15) is 37.7 Å². The highest BCUT2D eigenvalue weighted by Gasteiger charge is 2.08. The van der Waals surface area contributed by atoms with Crippen molar-refractivity contribution in [3.8, 4) is 0 Å². The van der Waals surface area contributed by atoms with E-state index in [-0.39, 0.29) is 5.91 Å². The molecule has 0 bridgehead atoms. The molecule has 20 heavy (non-hydrogen) atoms. The largest absolute Gasteiger partial charge is 0.369 e. The van der Waals surface area contributed by atoms with Crippen LogP contribution < -0.4 is 10.6 Å². The number of hydrogen-bond acceptors (Lipinski definition) is 5. The summed E-state index contributed by atoms with van der Waals surface area (Å²) in [5.74, 6) is 0.526. The molecule has 0 atom stereocenters. The number of likely N-dealkylation sites (N-methyl/N-ethyl adjacent to an activating group) is 1. The fourth-order valence-corrected chi connectivity index (χ4v) is 1.76. The lowest BCUT2D eigenvalue weighted by Gasteiger charge is -2.17. The topological polar surface area (TPSA) is 70.2 Å². The van der Waals surface area contributed by atoms with Gasteiger partial charge in [0.25, 0.3) is 5.91 Å². The Morgan fingerprint density at radius 1 is 1.15 bits per heavy atom. The van der Waals surface area contributed by atoms with Crippen molar-refractivity contribution in [1.29, 1.82) is 0 Å². The Morgan fingerprint density at radius 2 is 1.90 bits per heavy atom. The van der Waals surface area contributed by atoms with Crippen molar-refractivity contribution in [3.05, 3.63) is 17.8 Å². The average Bonchev–Trinajstić information content (AvgIpc) is 2.50. The Hall–Kier alpha value is -1.69. The highest BCUT2D eigenvalue weighted by Crippen LogP contribution is 2.01. The molecule has 0 saturated carbocycles. The number of carbonyl (C=O) groups is 1. The molecule has 0 unspecified atom stereocenters. The van der Waals surface area contributed by atoms with E-state index in [1.165, 1.54) is 0 Å². The van der Waals surface area contributed by atoms with Gasteiger partial charge in [-0.25, -0.2) is 0 Å². The summed E-state index contributed by atoms with van der Waals surface area (Å²) in [6.45, 7) is 10.6. The maximum atomic E-state index is 11.9. The van der Waals surface area contributed by atoms with Crippen LogP contribution in [0.2, 0.25) is 0 Å². The second kappa shape index (κ2) is 9.25. The molecule has 1 heterocycles. The number of amides is 1. The van der Waals surface area contributed by atoms with Gasteiger partial charge in [-0.05, 0) is 31.6 Å². The third kappa shape index (κ3) is 5.52. The standard InChI is InChI=1S/C14H25N5O/c1-4-9-15-13-8-7-12(17-18-13)14(20)16-10-11-19(5-2)6-3/h7-8H,4-6,9-11H2,1-3H3,(H,15,18)(H,16,20). The van der Waals surface area contributed by atoms with Crippen LogP contribution in [0.15, 0.2) is 12.1 Å². The summed E-state index contributed by atoms with van der Waals surface area (Å²) >= 11 is 0. The quantitative estimate of drug-likeness (QED) is 0.714. The third-order valence-corrected chi connectivity index (χ3v) is 3.06. The van der Waals surface area contributed by atoms with Crippen molar-refractivity contribution in [2.45, 2.75) is 27.2 Å². The first-order chi connectivity index (χ1) is 9.71. The van der Waals surface area contributed by atoms with Gasteiger partial charge >= 0.3 is 0 Å². The lowest BCUT2D eigenvalue weighted by atomic mass is 10.3. The number of nitrogens with one attached hydrogen (secondary N) is 2. The normalized spacial score (nSPS) is 10.6. The van der Waals surface area contributed by atoms with Crippen LogP contribution in [0, 0.1) is 0 Å². The van der Waals surface area contributed by atoms with Gasteiger partial charge in [-0.2, -0.15) is 0 Å². The first kappa shape index (κ1) is 16.4. The number of anilines is 1. The van der Waals surface area contributed by atoms with Crippen LogP contribution in [0.25, 0.3) is 0 Å². The summed E-state index contributed by atoms with van der Waals surface area (Å²) < 4.78 is 0. The van der Waals surface area contributed by atoms with Gasteiger partial charge in [0.15, 0.2) is 5.69 Å². The zero-order valence-electron chi connectivity index (χ0n) is 12.6. The summed E-state index contributed by atoms with van der Waals surface area (Å²) in [5.41, 5.74) is 0.353. The number of rotatable bonds is 9. The highest BCUT2D eigenvalue weighted by molar-refractivity contribution is 5.92. The predicted molar refractivity (Wildman–Crippen MR) is 80.9 cm³/mol. The van der Waals surface area contributed by atoms with Gasteiger partial charge in [-0.1, -0.05) is 20.8 Å². The number of aromatic nitrogens is 2. The van der Waals surface area contributed by atoms with Crippen LogP contribution in [0.3, 0.4) is 0 Å². The predicted octanol–water partition coefficient (Wildman–Crippen LogP) is 1.37. The van der Waals surface area contributed by atoms with Gasteiger partial charge in [-0.15, -0.1) is 10.2 Å². The molecule has 0 saturated heterocycles. The van der Waals surface area contributed by atoms with Crippen LogP contribution in [0.5, 0.6) is 0 Å². The van der Waals surface area contributed by atoms with Crippen LogP contribution in [-0.2, 0) is 0 Å². The molecule has 0 aliphatic heterocycles. The van der Waals surface area contributed by atoms with E-state index >= 15 is 0 Å². The molecule has 1 rings (SSSR count). The molecule has 1 aromatic heterocycles. The Balaban J connectivity index is 2.39. The van der Waals surface area contributed by atoms with Crippen LogP contribution >= 0.6 is 0 Å². The van der Waals surface area contributed by atoms with E-state index in [0.29, 0.717) is 18.1 Å².